The lowest BCUT2D eigenvalue weighted by molar-refractivity contribution is 0.372. The minimum Gasteiger partial charge on any atom is -0.380 e. The van der Waals surface area contributed by atoms with Crippen molar-refractivity contribution in [3.63, 3.8) is 0 Å². The second-order valence-electron chi connectivity index (χ2n) is 5.31. The van der Waals surface area contributed by atoms with E-state index < -0.39 is 11.6 Å². The van der Waals surface area contributed by atoms with Gasteiger partial charge in [0.15, 0.2) is 0 Å². The maximum Gasteiger partial charge on any atom is 0.149 e. The van der Waals surface area contributed by atoms with Crippen LogP contribution in [0.2, 0.25) is 0 Å². The van der Waals surface area contributed by atoms with Crippen LogP contribution < -0.4 is 5.32 Å². The number of halogens is 4. The molecule has 1 N–H and O–H groups in total. The molecule has 2 aromatic carbocycles. The van der Waals surface area contributed by atoms with Crippen molar-refractivity contribution in [1.82, 2.24) is 0 Å². The Balaban J connectivity index is 1.62. The van der Waals surface area contributed by atoms with Gasteiger partial charge in [-0.2, -0.15) is 0 Å². The summed E-state index contributed by atoms with van der Waals surface area (Å²) in [6.07, 6.45) is 1.91. The number of anilines is 1. The Labute approximate surface area is 139 Å². The van der Waals surface area contributed by atoms with Gasteiger partial charge in [0.25, 0.3) is 0 Å². The molecule has 0 saturated heterocycles. The van der Waals surface area contributed by atoms with E-state index in [1.165, 1.54) is 11.6 Å². The minimum atomic E-state index is -0.584. The fourth-order valence-corrected chi connectivity index (χ4v) is 3.20. The molecule has 1 aliphatic carbocycles. The number of hydrogen-bond donors (Lipinski definition) is 1. The molecule has 0 radical (unpaired) electrons. The van der Waals surface area contributed by atoms with Crippen LogP contribution in [0.5, 0.6) is 0 Å². The lowest BCUT2D eigenvalue weighted by Gasteiger charge is -2.37. The van der Waals surface area contributed by atoms with Crippen molar-refractivity contribution in [2.24, 2.45) is 0 Å². The van der Waals surface area contributed by atoms with E-state index in [0.29, 0.717) is 11.6 Å². The second kappa shape index (κ2) is 6.05. The summed E-state index contributed by atoms with van der Waals surface area (Å²) in [5.41, 5.74) is 1.65. The Kier molecular flexibility index (Phi) is 4.31. The molecule has 0 heterocycles. The zero-order chi connectivity index (χ0) is 15.0. The molecule has 110 valence electrons. The summed E-state index contributed by atoms with van der Waals surface area (Å²) in [4.78, 5) is 0. The van der Waals surface area contributed by atoms with Crippen molar-refractivity contribution in [2.45, 2.75) is 24.8 Å². The fourth-order valence-electron chi connectivity index (χ4n) is 2.60. The average Bonchev–Trinajstić information content (AvgIpc) is 2.40. The number of benzene rings is 2. The lowest BCUT2D eigenvalue weighted by atomic mass is 9.76. The van der Waals surface area contributed by atoms with Gasteiger partial charge in [0.1, 0.15) is 11.6 Å². The third-order valence-corrected chi connectivity index (χ3v) is 4.99. The van der Waals surface area contributed by atoms with Crippen LogP contribution in [-0.2, 0) is 0 Å². The smallest absolute Gasteiger partial charge is 0.149 e. The van der Waals surface area contributed by atoms with E-state index in [-0.39, 0.29) is 10.5 Å². The van der Waals surface area contributed by atoms with E-state index in [1.807, 2.05) is 12.1 Å². The Hall–Kier alpha value is -0.940. The largest absolute Gasteiger partial charge is 0.380 e. The lowest BCUT2D eigenvalue weighted by Crippen LogP contribution is -2.34. The van der Waals surface area contributed by atoms with Crippen molar-refractivity contribution in [3.8, 4) is 0 Å². The maximum absolute atomic E-state index is 13.7. The summed E-state index contributed by atoms with van der Waals surface area (Å²) in [6, 6.07) is 10.9. The van der Waals surface area contributed by atoms with E-state index in [2.05, 4.69) is 49.3 Å². The highest BCUT2D eigenvalue weighted by molar-refractivity contribution is 9.10. The summed E-state index contributed by atoms with van der Waals surface area (Å²) < 4.78 is 28.2. The van der Waals surface area contributed by atoms with Crippen LogP contribution in [-0.4, -0.2) is 6.04 Å². The first-order valence-electron chi connectivity index (χ1n) is 6.69. The summed E-state index contributed by atoms with van der Waals surface area (Å²) in [5, 5.41) is 3.14. The van der Waals surface area contributed by atoms with Crippen molar-refractivity contribution in [1.29, 1.82) is 0 Å². The Bertz CT molecular complexity index is 652. The minimum absolute atomic E-state index is 0.227. The number of rotatable bonds is 3. The van der Waals surface area contributed by atoms with Gasteiger partial charge in [-0.15, -0.1) is 0 Å². The van der Waals surface area contributed by atoms with Gasteiger partial charge in [0, 0.05) is 16.6 Å². The fraction of sp³-hybridized carbons (Fsp3) is 0.250. The number of nitrogens with one attached hydrogen (secondary N) is 1. The monoisotopic (exact) mass is 415 g/mol. The SMILES string of the molecule is Fc1cc(F)c(NC2CC(c3ccc(Br)cc3)C2)cc1Br. The quantitative estimate of drug-likeness (QED) is 0.619. The molecule has 0 aromatic heterocycles. The van der Waals surface area contributed by atoms with Crippen LogP contribution in [0.4, 0.5) is 14.5 Å². The standard InChI is InChI=1S/C16H13Br2F2N/c17-11-3-1-9(2-4-11)10-5-12(6-10)21-16-7-13(18)14(19)8-15(16)20/h1-4,7-8,10,12,21H,5-6H2. The highest BCUT2D eigenvalue weighted by Crippen LogP contribution is 2.39. The van der Waals surface area contributed by atoms with Gasteiger partial charge in [0.2, 0.25) is 0 Å². The highest BCUT2D eigenvalue weighted by Gasteiger charge is 2.30. The van der Waals surface area contributed by atoms with E-state index in [4.69, 9.17) is 0 Å². The Morgan fingerprint density at radius 3 is 2.29 bits per heavy atom. The molecule has 0 atom stereocenters. The molecule has 1 fully saturated rings. The van der Waals surface area contributed by atoms with Gasteiger partial charge in [-0.25, -0.2) is 8.78 Å². The van der Waals surface area contributed by atoms with Gasteiger partial charge in [-0.05, 0) is 58.5 Å². The zero-order valence-corrected chi connectivity index (χ0v) is 14.2. The van der Waals surface area contributed by atoms with Crippen molar-refractivity contribution in [2.75, 3.05) is 5.32 Å². The molecule has 21 heavy (non-hydrogen) atoms. The van der Waals surface area contributed by atoms with Crippen LogP contribution in [0.3, 0.4) is 0 Å². The molecule has 5 heteroatoms. The first-order valence-corrected chi connectivity index (χ1v) is 8.28. The molecule has 1 saturated carbocycles. The van der Waals surface area contributed by atoms with Gasteiger partial charge in [0.05, 0.1) is 10.2 Å². The molecule has 0 spiro atoms. The maximum atomic E-state index is 13.7. The zero-order valence-electron chi connectivity index (χ0n) is 11.0. The van der Waals surface area contributed by atoms with Crippen LogP contribution >= 0.6 is 31.9 Å². The molecular formula is C16H13Br2F2N. The first-order chi connectivity index (χ1) is 10.0. The summed E-state index contributed by atoms with van der Waals surface area (Å²) >= 11 is 6.50. The molecule has 0 amide bonds. The summed E-state index contributed by atoms with van der Waals surface area (Å²) in [7, 11) is 0. The molecule has 0 bridgehead atoms. The van der Waals surface area contributed by atoms with Crippen LogP contribution in [0.15, 0.2) is 45.3 Å². The molecule has 1 nitrogen and oxygen atoms in total. The first kappa shape index (κ1) is 15.0. The molecule has 3 rings (SSSR count). The van der Waals surface area contributed by atoms with Crippen molar-refractivity contribution >= 4 is 37.5 Å². The van der Waals surface area contributed by atoms with Crippen molar-refractivity contribution in [3.05, 3.63) is 62.5 Å². The summed E-state index contributed by atoms with van der Waals surface area (Å²) in [6.45, 7) is 0. The predicted molar refractivity (Wildman–Crippen MR) is 87.6 cm³/mol. The average molecular weight is 417 g/mol. The van der Waals surface area contributed by atoms with E-state index in [1.54, 1.807) is 0 Å². The number of hydrogen-bond acceptors (Lipinski definition) is 1. The molecular weight excluding hydrogens is 404 g/mol. The molecule has 0 aliphatic heterocycles. The highest BCUT2D eigenvalue weighted by atomic mass is 79.9. The van der Waals surface area contributed by atoms with Crippen LogP contribution in [0.1, 0.15) is 24.3 Å². The summed E-state index contributed by atoms with van der Waals surface area (Å²) in [5.74, 6) is -0.634. The second-order valence-corrected chi connectivity index (χ2v) is 7.08. The van der Waals surface area contributed by atoms with E-state index in [9.17, 15) is 8.78 Å². The normalized spacial score (nSPS) is 21.0. The van der Waals surface area contributed by atoms with Gasteiger partial charge >= 0.3 is 0 Å². The van der Waals surface area contributed by atoms with Gasteiger partial charge < -0.3 is 5.32 Å². The van der Waals surface area contributed by atoms with Crippen molar-refractivity contribution < 1.29 is 8.78 Å². The third-order valence-electron chi connectivity index (χ3n) is 3.85. The molecule has 2 aromatic rings. The van der Waals surface area contributed by atoms with E-state index >= 15 is 0 Å². The predicted octanol–water partition coefficient (Wildman–Crippen LogP) is 5.85. The van der Waals surface area contributed by atoms with Crippen LogP contribution in [0.25, 0.3) is 0 Å². The Morgan fingerprint density at radius 1 is 0.952 bits per heavy atom. The molecule has 0 unspecified atom stereocenters. The molecule has 1 aliphatic rings. The topological polar surface area (TPSA) is 12.0 Å². The Morgan fingerprint density at radius 2 is 1.62 bits per heavy atom. The third kappa shape index (κ3) is 3.29. The van der Waals surface area contributed by atoms with Gasteiger partial charge in [-0.1, -0.05) is 28.1 Å². The van der Waals surface area contributed by atoms with E-state index in [0.717, 1.165) is 23.4 Å². The van der Waals surface area contributed by atoms with Gasteiger partial charge in [-0.3, -0.25) is 0 Å². The van der Waals surface area contributed by atoms with Crippen LogP contribution in [0, 0.1) is 11.6 Å².